The first-order valence-electron chi connectivity index (χ1n) is 14.6. The second-order valence-electron chi connectivity index (χ2n) is 11.2. The molecule has 10 heteroatoms. The monoisotopic (exact) mass is 665 g/mol. The van der Waals surface area contributed by atoms with E-state index in [1.807, 2.05) is 44.2 Å². The van der Waals surface area contributed by atoms with Crippen LogP contribution in [0.15, 0.2) is 108 Å². The van der Waals surface area contributed by atoms with E-state index < -0.39 is 28.5 Å². The summed E-state index contributed by atoms with van der Waals surface area (Å²) in [5.74, 6) is -0.680. The number of amides is 2. The molecule has 0 aliphatic carbocycles. The average molecular weight is 667 g/mol. The van der Waals surface area contributed by atoms with Crippen molar-refractivity contribution in [2.24, 2.45) is 5.92 Å². The molecule has 4 aromatic rings. The van der Waals surface area contributed by atoms with Crippen molar-refractivity contribution in [2.45, 2.75) is 44.7 Å². The summed E-state index contributed by atoms with van der Waals surface area (Å²) < 4.78 is 29.3. The number of nitrogens with zero attached hydrogens (tertiary/aromatic N) is 2. The fourth-order valence-electron chi connectivity index (χ4n) is 4.89. The van der Waals surface area contributed by atoms with E-state index >= 15 is 0 Å². The van der Waals surface area contributed by atoms with Crippen molar-refractivity contribution in [3.63, 3.8) is 0 Å². The normalized spacial score (nSPS) is 12.0. The molecule has 236 valence electrons. The lowest BCUT2D eigenvalue weighted by Gasteiger charge is -2.34. The molecule has 1 N–H and O–H groups in total. The number of nitrogens with one attached hydrogen (secondary N) is 1. The topological polar surface area (TPSA) is 86.8 Å². The molecule has 1 atom stereocenters. The van der Waals surface area contributed by atoms with Gasteiger partial charge < -0.3 is 10.2 Å². The van der Waals surface area contributed by atoms with Crippen LogP contribution in [0.3, 0.4) is 0 Å². The maximum atomic E-state index is 14.5. The molecule has 0 aliphatic rings. The Morgan fingerprint density at radius 2 is 1.40 bits per heavy atom. The van der Waals surface area contributed by atoms with Crippen LogP contribution in [0.5, 0.6) is 0 Å². The Balaban J connectivity index is 1.81. The van der Waals surface area contributed by atoms with Gasteiger partial charge in [0.15, 0.2) is 0 Å². The van der Waals surface area contributed by atoms with Gasteiger partial charge in [-0.25, -0.2) is 8.42 Å². The van der Waals surface area contributed by atoms with Gasteiger partial charge in [0.2, 0.25) is 11.8 Å². The van der Waals surface area contributed by atoms with E-state index in [0.29, 0.717) is 27.8 Å². The van der Waals surface area contributed by atoms with Gasteiger partial charge >= 0.3 is 0 Å². The summed E-state index contributed by atoms with van der Waals surface area (Å²) in [4.78, 5) is 29.8. The molecule has 1 unspecified atom stereocenters. The minimum absolute atomic E-state index is 0.0342. The lowest BCUT2D eigenvalue weighted by Crippen LogP contribution is -2.53. The maximum Gasteiger partial charge on any atom is 0.264 e. The van der Waals surface area contributed by atoms with Crippen LogP contribution < -0.4 is 9.62 Å². The summed E-state index contributed by atoms with van der Waals surface area (Å²) in [6.45, 7) is 5.65. The average Bonchev–Trinajstić information content (AvgIpc) is 3.02. The molecule has 0 saturated carbocycles. The molecule has 4 aromatic carbocycles. The molecule has 45 heavy (non-hydrogen) atoms. The Morgan fingerprint density at radius 1 is 0.800 bits per heavy atom. The highest BCUT2D eigenvalue weighted by molar-refractivity contribution is 7.92. The summed E-state index contributed by atoms with van der Waals surface area (Å²) >= 11 is 12.4. The zero-order chi connectivity index (χ0) is 32.6. The molecule has 0 spiro atoms. The zero-order valence-corrected chi connectivity index (χ0v) is 27.8. The first-order chi connectivity index (χ1) is 21.5. The summed E-state index contributed by atoms with van der Waals surface area (Å²) in [6.07, 6.45) is 0.232. The fraction of sp³-hybridized carbons (Fsp3) is 0.257. The van der Waals surface area contributed by atoms with Crippen molar-refractivity contribution in [2.75, 3.05) is 17.4 Å². The number of rotatable bonds is 13. The summed E-state index contributed by atoms with van der Waals surface area (Å²) in [5, 5.41) is 3.96. The molecule has 0 bridgehead atoms. The van der Waals surface area contributed by atoms with Gasteiger partial charge in [-0.05, 0) is 72.0 Å². The van der Waals surface area contributed by atoms with E-state index in [1.54, 1.807) is 67.6 Å². The summed E-state index contributed by atoms with van der Waals surface area (Å²) in [6, 6.07) is 28.3. The molecule has 0 heterocycles. The molecule has 0 fully saturated rings. The van der Waals surface area contributed by atoms with E-state index in [-0.39, 0.29) is 29.7 Å². The van der Waals surface area contributed by atoms with Gasteiger partial charge in [-0.3, -0.25) is 13.9 Å². The van der Waals surface area contributed by atoms with Gasteiger partial charge in [-0.1, -0.05) is 97.7 Å². The van der Waals surface area contributed by atoms with E-state index in [2.05, 4.69) is 5.32 Å². The molecule has 0 radical (unpaired) electrons. The number of aryl methyl sites for hydroxylation is 1. The van der Waals surface area contributed by atoms with Gasteiger partial charge in [-0.15, -0.1) is 0 Å². The number of anilines is 1. The van der Waals surface area contributed by atoms with Crippen LogP contribution in [0.2, 0.25) is 10.0 Å². The molecule has 0 aliphatic heterocycles. The Kier molecular flexibility index (Phi) is 11.7. The number of carbonyl (C=O) groups excluding carboxylic acids is 2. The van der Waals surface area contributed by atoms with E-state index in [1.165, 1.54) is 17.0 Å². The summed E-state index contributed by atoms with van der Waals surface area (Å²) in [5.41, 5.74) is 2.49. The highest BCUT2D eigenvalue weighted by Crippen LogP contribution is 2.29. The molecule has 4 rings (SSSR count). The number of sulfonamides is 1. The van der Waals surface area contributed by atoms with Crippen LogP contribution in [-0.4, -0.2) is 44.3 Å². The maximum absolute atomic E-state index is 14.5. The second-order valence-corrected chi connectivity index (χ2v) is 14.0. The number of hydrogen-bond acceptors (Lipinski definition) is 4. The highest BCUT2D eigenvalue weighted by Gasteiger charge is 2.35. The largest absolute Gasteiger partial charge is 0.354 e. The molecular weight excluding hydrogens is 629 g/mol. The third kappa shape index (κ3) is 9.10. The van der Waals surface area contributed by atoms with Crippen LogP contribution in [0.25, 0.3) is 0 Å². The van der Waals surface area contributed by atoms with Crippen molar-refractivity contribution in [3.05, 3.63) is 130 Å². The van der Waals surface area contributed by atoms with E-state index in [9.17, 15) is 18.0 Å². The van der Waals surface area contributed by atoms with Crippen molar-refractivity contribution < 1.29 is 18.0 Å². The van der Waals surface area contributed by atoms with Gasteiger partial charge in [0.05, 0.1) is 10.6 Å². The third-order valence-electron chi connectivity index (χ3n) is 7.26. The van der Waals surface area contributed by atoms with Crippen molar-refractivity contribution in [1.82, 2.24) is 10.2 Å². The highest BCUT2D eigenvalue weighted by atomic mass is 35.5. The quantitative estimate of drug-likeness (QED) is 0.168. The molecular formula is C35H37Cl2N3O4S. The van der Waals surface area contributed by atoms with Gasteiger partial charge in [0.25, 0.3) is 10.0 Å². The van der Waals surface area contributed by atoms with Crippen LogP contribution >= 0.6 is 23.2 Å². The van der Waals surface area contributed by atoms with Gasteiger partial charge in [-0.2, -0.15) is 0 Å². The van der Waals surface area contributed by atoms with Crippen LogP contribution in [-0.2, 0) is 32.6 Å². The third-order valence-corrected chi connectivity index (χ3v) is 9.52. The van der Waals surface area contributed by atoms with Crippen LogP contribution in [0.4, 0.5) is 5.69 Å². The lowest BCUT2D eigenvalue weighted by atomic mass is 10.0. The van der Waals surface area contributed by atoms with Gasteiger partial charge in [0, 0.05) is 29.6 Å². The predicted octanol–water partition coefficient (Wildman–Crippen LogP) is 6.91. The lowest BCUT2D eigenvalue weighted by molar-refractivity contribution is -0.140. The number of carbonyl (C=O) groups is 2. The SMILES string of the molecule is Cc1cc(Cl)ccc1N(CC(=O)N(Cc1ccc(Cl)cc1)C(Cc1ccccc1)C(=O)NCC(C)C)S(=O)(=O)c1ccccc1. The standard InChI is InChI=1S/C35H37Cl2N3O4S/c1-25(2)22-38-35(42)33(21-27-10-6-4-7-11-27)39(23-28-14-16-29(36)17-15-28)34(41)24-40(32-19-18-30(37)20-26(32)3)45(43,44)31-12-8-5-9-13-31/h4-20,25,33H,21-24H2,1-3H3,(H,38,42). The fourth-order valence-corrected chi connectivity index (χ4v) is 6.75. The van der Waals surface area contributed by atoms with Crippen LogP contribution in [0.1, 0.15) is 30.5 Å². The number of benzene rings is 4. The first-order valence-corrected chi connectivity index (χ1v) is 16.8. The molecule has 0 aromatic heterocycles. The molecule has 2 amide bonds. The Hall–Kier alpha value is -3.85. The predicted molar refractivity (Wildman–Crippen MR) is 181 cm³/mol. The zero-order valence-electron chi connectivity index (χ0n) is 25.5. The van der Waals surface area contributed by atoms with Crippen molar-refractivity contribution in [3.8, 4) is 0 Å². The van der Waals surface area contributed by atoms with E-state index in [4.69, 9.17) is 23.2 Å². The van der Waals surface area contributed by atoms with Crippen LogP contribution in [0, 0.1) is 12.8 Å². The van der Waals surface area contributed by atoms with E-state index in [0.717, 1.165) is 15.4 Å². The minimum atomic E-state index is -4.20. The molecule has 7 nitrogen and oxygen atoms in total. The first kappa shape index (κ1) is 34.0. The Morgan fingerprint density at radius 3 is 2.00 bits per heavy atom. The van der Waals surface area contributed by atoms with Crippen molar-refractivity contribution in [1.29, 1.82) is 0 Å². The summed E-state index contributed by atoms with van der Waals surface area (Å²) in [7, 11) is -4.20. The number of halogens is 2. The number of hydrogen-bond donors (Lipinski definition) is 1. The second kappa shape index (κ2) is 15.4. The Bertz CT molecular complexity index is 1700. The van der Waals surface area contributed by atoms with Gasteiger partial charge in [0.1, 0.15) is 12.6 Å². The minimum Gasteiger partial charge on any atom is -0.354 e. The van der Waals surface area contributed by atoms with Crippen molar-refractivity contribution >= 4 is 50.7 Å². The smallest absolute Gasteiger partial charge is 0.264 e. The molecule has 0 saturated heterocycles. The Labute approximate surface area is 275 Å².